The van der Waals surface area contributed by atoms with E-state index in [1.807, 2.05) is 6.92 Å². The molecule has 1 heterocycles. The van der Waals surface area contributed by atoms with Crippen molar-refractivity contribution in [3.05, 3.63) is 0 Å². The molecule has 1 aliphatic heterocycles. The molecule has 0 radical (unpaired) electrons. The van der Waals surface area contributed by atoms with Crippen LogP contribution >= 0.6 is 0 Å². The molecule has 1 aliphatic rings. The topological polar surface area (TPSA) is 41.6 Å². The molecule has 0 aliphatic carbocycles. The van der Waals surface area contributed by atoms with Gasteiger partial charge in [0.05, 0.1) is 0 Å². The second-order valence-electron chi connectivity index (χ2n) is 3.41. The number of alkyl carbamates (subject to hydrolysis) is 1. The Bertz CT molecular complexity index is 173. The number of nitrogens with one attached hydrogen (secondary N) is 1. The summed E-state index contributed by atoms with van der Waals surface area (Å²) < 4.78 is 5.05. The van der Waals surface area contributed by atoms with Gasteiger partial charge in [-0.1, -0.05) is 0 Å². The van der Waals surface area contributed by atoms with E-state index in [4.69, 9.17) is 4.74 Å². The number of hydrogen-bond acceptors (Lipinski definition) is 3. The number of likely N-dealkylation sites (tertiary alicyclic amines) is 1. The molecule has 13 heavy (non-hydrogen) atoms. The lowest BCUT2D eigenvalue weighted by Gasteiger charge is -2.18. The Kier molecular flexibility index (Phi) is 4.02. The Morgan fingerprint density at radius 3 is 3.00 bits per heavy atom. The first-order chi connectivity index (χ1) is 6.24. The smallest absolute Gasteiger partial charge is 0.407 e. The number of nitrogens with zero attached hydrogens (tertiary/aromatic N) is 1. The van der Waals surface area contributed by atoms with E-state index >= 15 is 0 Å². The van der Waals surface area contributed by atoms with Crippen LogP contribution in [0, 0.1) is 0 Å². The summed E-state index contributed by atoms with van der Waals surface area (Å²) in [5.74, 6) is 0. The van der Waals surface area contributed by atoms with Crippen molar-refractivity contribution in [2.24, 2.45) is 0 Å². The van der Waals surface area contributed by atoms with Crippen molar-refractivity contribution >= 4 is 6.09 Å². The number of hydrogen-bond donors (Lipinski definition) is 1. The maximum atomic E-state index is 11.0. The quantitative estimate of drug-likeness (QED) is 0.709. The molecule has 0 aromatic heterocycles. The highest BCUT2D eigenvalue weighted by Gasteiger charge is 2.21. The van der Waals surface area contributed by atoms with Gasteiger partial charge < -0.3 is 15.0 Å². The highest BCUT2D eigenvalue weighted by atomic mass is 16.5. The van der Waals surface area contributed by atoms with E-state index in [0.29, 0.717) is 19.2 Å². The normalized spacial score (nSPS) is 23.1. The minimum Gasteiger partial charge on any atom is -0.448 e. The SMILES string of the molecule is CCNC(=O)OCC1CCCN1C. The molecule has 0 spiro atoms. The molecule has 1 saturated heterocycles. The van der Waals surface area contributed by atoms with Crippen LogP contribution in [0.3, 0.4) is 0 Å². The number of ether oxygens (including phenoxy) is 1. The molecule has 1 unspecified atom stereocenters. The Hall–Kier alpha value is -0.770. The van der Waals surface area contributed by atoms with Crippen molar-refractivity contribution in [2.75, 3.05) is 26.7 Å². The number of carbonyl (C=O) groups is 1. The van der Waals surface area contributed by atoms with Crippen molar-refractivity contribution < 1.29 is 9.53 Å². The van der Waals surface area contributed by atoms with E-state index in [1.165, 1.54) is 6.42 Å². The Morgan fingerprint density at radius 2 is 2.46 bits per heavy atom. The molecule has 76 valence electrons. The second kappa shape index (κ2) is 5.07. The number of likely N-dealkylation sites (N-methyl/N-ethyl adjacent to an activating group) is 1. The fraction of sp³-hybridized carbons (Fsp3) is 0.889. The van der Waals surface area contributed by atoms with Crippen LogP contribution in [0.2, 0.25) is 0 Å². The van der Waals surface area contributed by atoms with Gasteiger partial charge in [-0.2, -0.15) is 0 Å². The lowest BCUT2D eigenvalue weighted by Crippen LogP contribution is -2.33. The Labute approximate surface area is 79.2 Å². The van der Waals surface area contributed by atoms with Crippen molar-refractivity contribution in [1.82, 2.24) is 10.2 Å². The molecule has 1 N–H and O–H groups in total. The standard InChI is InChI=1S/C9H18N2O2/c1-3-10-9(12)13-7-8-5-4-6-11(8)2/h8H,3-7H2,1-2H3,(H,10,12). The Balaban J connectivity index is 2.14. The molecule has 0 bridgehead atoms. The summed E-state index contributed by atoms with van der Waals surface area (Å²) in [6.07, 6.45) is 2.04. The molecular weight excluding hydrogens is 168 g/mol. The third-order valence-electron chi connectivity index (χ3n) is 2.40. The first kappa shape index (κ1) is 10.3. The number of amides is 1. The summed E-state index contributed by atoms with van der Waals surface area (Å²) in [7, 11) is 2.07. The molecule has 0 aromatic carbocycles. The van der Waals surface area contributed by atoms with Gasteiger partial charge in [-0.25, -0.2) is 4.79 Å². The average Bonchev–Trinajstić information content (AvgIpc) is 2.48. The number of rotatable bonds is 3. The minimum atomic E-state index is -0.303. The van der Waals surface area contributed by atoms with E-state index in [9.17, 15) is 4.79 Å². The van der Waals surface area contributed by atoms with Crippen LogP contribution in [0.4, 0.5) is 4.79 Å². The van der Waals surface area contributed by atoms with E-state index in [-0.39, 0.29) is 6.09 Å². The minimum absolute atomic E-state index is 0.303. The molecule has 1 fully saturated rings. The zero-order chi connectivity index (χ0) is 9.68. The summed E-state index contributed by atoms with van der Waals surface area (Å²) >= 11 is 0. The van der Waals surface area contributed by atoms with E-state index in [1.54, 1.807) is 0 Å². The van der Waals surface area contributed by atoms with Crippen LogP contribution in [0.25, 0.3) is 0 Å². The van der Waals surface area contributed by atoms with Gasteiger partial charge in [-0.15, -0.1) is 0 Å². The zero-order valence-electron chi connectivity index (χ0n) is 8.38. The van der Waals surface area contributed by atoms with Gasteiger partial charge in [-0.05, 0) is 33.4 Å². The zero-order valence-corrected chi connectivity index (χ0v) is 8.38. The predicted molar refractivity (Wildman–Crippen MR) is 50.7 cm³/mol. The fourth-order valence-corrected chi connectivity index (χ4v) is 1.56. The Morgan fingerprint density at radius 1 is 1.69 bits per heavy atom. The van der Waals surface area contributed by atoms with E-state index in [0.717, 1.165) is 13.0 Å². The van der Waals surface area contributed by atoms with Crippen molar-refractivity contribution in [3.8, 4) is 0 Å². The van der Waals surface area contributed by atoms with Crippen molar-refractivity contribution in [3.63, 3.8) is 0 Å². The fourth-order valence-electron chi connectivity index (χ4n) is 1.56. The first-order valence-electron chi connectivity index (χ1n) is 4.85. The molecular formula is C9H18N2O2. The van der Waals surface area contributed by atoms with E-state index in [2.05, 4.69) is 17.3 Å². The average molecular weight is 186 g/mol. The van der Waals surface area contributed by atoms with Gasteiger partial charge in [0.25, 0.3) is 0 Å². The first-order valence-corrected chi connectivity index (χ1v) is 4.85. The molecule has 0 saturated carbocycles. The lowest BCUT2D eigenvalue weighted by atomic mass is 10.2. The summed E-state index contributed by atoms with van der Waals surface area (Å²) in [5, 5.41) is 2.60. The third kappa shape index (κ3) is 3.22. The lowest BCUT2D eigenvalue weighted by molar-refractivity contribution is 0.116. The van der Waals surface area contributed by atoms with Gasteiger partial charge in [0, 0.05) is 12.6 Å². The largest absolute Gasteiger partial charge is 0.448 e. The van der Waals surface area contributed by atoms with Crippen LogP contribution in [0.5, 0.6) is 0 Å². The second-order valence-corrected chi connectivity index (χ2v) is 3.41. The van der Waals surface area contributed by atoms with Crippen LogP contribution in [-0.2, 0) is 4.74 Å². The van der Waals surface area contributed by atoms with Crippen LogP contribution < -0.4 is 5.32 Å². The van der Waals surface area contributed by atoms with Gasteiger partial charge >= 0.3 is 6.09 Å². The highest BCUT2D eigenvalue weighted by molar-refractivity contribution is 5.66. The number of carbonyl (C=O) groups excluding carboxylic acids is 1. The van der Waals surface area contributed by atoms with Gasteiger partial charge in [0.2, 0.25) is 0 Å². The van der Waals surface area contributed by atoms with Gasteiger partial charge in [-0.3, -0.25) is 0 Å². The van der Waals surface area contributed by atoms with Crippen molar-refractivity contribution in [1.29, 1.82) is 0 Å². The summed E-state index contributed by atoms with van der Waals surface area (Å²) in [5.41, 5.74) is 0. The molecule has 4 heteroatoms. The van der Waals surface area contributed by atoms with Crippen molar-refractivity contribution in [2.45, 2.75) is 25.8 Å². The van der Waals surface area contributed by atoms with E-state index < -0.39 is 0 Å². The molecule has 0 aromatic rings. The van der Waals surface area contributed by atoms with Crippen LogP contribution in [0.1, 0.15) is 19.8 Å². The summed E-state index contributed by atoms with van der Waals surface area (Å²) in [6.45, 7) is 4.13. The predicted octanol–water partition coefficient (Wildman–Crippen LogP) is 0.827. The highest BCUT2D eigenvalue weighted by Crippen LogP contribution is 2.14. The molecule has 1 rings (SSSR count). The summed E-state index contributed by atoms with van der Waals surface area (Å²) in [4.78, 5) is 13.2. The van der Waals surface area contributed by atoms with Gasteiger partial charge in [0.1, 0.15) is 6.61 Å². The van der Waals surface area contributed by atoms with Gasteiger partial charge in [0.15, 0.2) is 0 Å². The molecule has 1 atom stereocenters. The monoisotopic (exact) mass is 186 g/mol. The van der Waals surface area contributed by atoms with Crippen LogP contribution in [-0.4, -0.2) is 43.8 Å². The summed E-state index contributed by atoms with van der Waals surface area (Å²) in [6, 6.07) is 0.419. The maximum Gasteiger partial charge on any atom is 0.407 e. The molecule has 4 nitrogen and oxygen atoms in total. The van der Waals surface area contributed by atoms with Crippen LogP contribution in [0.15, 0.2) is 0 Å². The molecule has 1 amide bonds. The third-order valence-corrected chi connectivity index (χ3v) is 2.40. The maximum absolute atomic E-state index is 11.0.